The van der Waals surface area contributed by atoms with Crippen LogP contribution in [-0.2, 0) is 32.6 Å². The molecular weight excluding hydrogens is 546 g/mol. The summed E-state index contributed by atoms with van der Waals surface area (Å²) >= 11 is 6.49. The molecule has 1 N–H and O–H groups in total. The lowest BCUT2D eigenvalue weighted by atomic mass is 10.0. The minimum atomic E-state index is -3.84. The highest BCUT2D eigenvalue weighted by atomic mass is 35.5. The number of halogens is 1. The first kappa shape index (κ1) is 31.2. The molecule has 9 heteroatoms. The number of nitrogens with one attached hydrogen (secondary N) is 1. The molecule has 0 radical (unpaired) electrons. The van der Waals surface area contributed by atoms with Crippen molar-refractivity contribution >= 4 is 39.1 Å². The Morgan fingerprint density at radius 1 is 0.900 bits per heavy atom. The molecule has 1 atom stereocenters. The lowest BCUT2D eigenvalue weighted by Crippen LogP contribution is -2.53. The van der Waals surface area contributed by atoms with Crippen LogP contribution in [0.1, 0.15) is 36.1 Å². The van der Waals surface area contributed by atoms with Gasteiger partial charge in [-0.2, -0.15) is 0 Å². The molecule has 3 rings (SSSR count). The molecule has 40 heavy (non-hydrogen) atoms. The normalized spacial score (nSPS) is 12.2. The predicted octanol–water partition coefficient (Wildman–Crippen LogP) is 5.14. The number of sulfonamides is 1. The topological polar surface area (TPSA) is 86.8 Å². The molecule has 0 aliphatic rings. The molecule has 2 amide bonds. The molecule has 3 aromatic carbocycles. The highest BCUT2D eigenvalue weighted by molar-refractivity contribution is 7.92. The van der Waals surface area contributed by atoms with E-state index < -0.39 is 28.5 Å². The van der Waals surface area contributed by atoms with Crippen LogP contribution in [0.25, 0.3) is 0 Å². The summed E-state index contributed by atoms with van der Waals surface area (Å²) in [7, 11) is -3.84. The zero-order valence-electron chi connectivity index (χ0n) is 23.7. The largest absolute Gasteiger partial charge is 0.354 e. The first-order valence-electron chi connectivity index (χ1n) is 13.3. The Balaban J connectivity index is 2.09. The second-order valence-electron chi connectivity index (χ2n) is 10.5. The number of nitrogens with zero attached hydrogens (tertiary/aromatic N) is 2. The Labute approximate surface area is 243 Å². The molecule has 3 aromatic rings. The Kier molecular flexibility index (Phi) is 10.8. The predicted molar refractivity (Wildman–Crippen MR) is 162 cm³/mol. The van der Waals surface area contributed by atoms with Crippen molar-refractivity contribution in [1.82, 2.24) is 10.2 Å². The Morgan fingerprint density at radius 3 is 2.08 bits per heavy atom. The fourth-order valence-electron chi connectivity index (χ4n) is 4.56. The van der Waals surface area contributed by atoms with Crippen LogP contribution < -0.4 is 9.62 Å². The molecule has 0 fully saturated rings. The lowest BCUT2D eigenvalue weighted by molar-refractivity contribution is -0.140. The van der Waals surface area contributed by atoms with Crippen LogP contribution in [-0.4, -0.2) is 50.5 Å². The molecular formula is C31H38ClN3O4S. The van der Waals surface area contributed by atoms with Gasteiger partial charge >= 0.3 is 0 Å². The van der Waals surface area contributed by atoms with Crippen molar-refractivity contribution in [2.75, 3.05) is 23.7 Å². The number of aryl methyl sites for hydroxylation is 2. The van der Waals surface area contributed by atoms with E-state index in [0.717, 1.165) is 27.3 Å². The van der Waals surface area contributed by atoms with Crippen LogP contribution in [0, 0.1) is 19.8 Å². The zero-order valence-corrected chi connectivity index (χ0v) is 25.3. The molecule has 0 saturated carbocycles. The van der Waals surface area contributed by atoms with Gasteiger partial charge in [-0.15, -0.1) is 0 Å². The van der Waals surface area contributed by atoms with Gasteiger partial charge in [-0.1, -0.05) is 92.2 Å². The molecule has 0 saturated heterocycles. The minimum Gasteiger partial charge on any atom is -0.354 e. The van der Waals surface area contributed by atoms with Crippen molar-refractivity contribution in [2.45, 2.75) is 46.7 Å². The van der Waals surface area contributed by atoms with Crippen LogP contribution in [0.4, 0.5) is 5.69 Å². The highest BCUT2D eigenvalue weighted by Crippen LogP contribution is 2.28. The van der Waals surface area contributed by atoms with Gasteiger partial charge in [-0.25, -0.2) is 8.42 Å². The second-order valence-corrected chi connectivity index (χ2v) is 12.8. The van der Waals surface area contributed by atoms with E-state index in [2.05, 4.69) is 5.32 Å². The molecule has 0 bridgehead atoms. The van der Waals surface area contributed by atoms with E-state index in [4.69, 9.17) is 11.6 Å². The zero-order chi connectivity index (χ0) is 29.4. The summed E-state index contributed by atoms with van der Waals surface area (Å²) in [5.41, 5.74) is 3.45. The van der Waals surface area contributed by atoms with Gasteiger partial charge in [0, 0.05) is 24.5 Å². The maximum atomic E-state index is 14.2. The molecule has 0 aliphatic heterocycles. The number of carbonyl (C=O) groups excluding carboxylic acids is 2. The molecule has 0 aromatic heterocycles. The highest BCUT2D eigenvalue weighted by Gasteiger charge is 2.34. The summed E-state index contributed by atoms with van der Waals surface area (Å²) in [6.07, 6.45) is 1.34. The Hall–Kier alpha value is -3.36. The van der Waals surface area contributed by atoms with Crippen molar-refractivity contribution < 1.29 is 18.0 Å². The summed E-state index contributed by atoms with van der Waals surface area (Å²) in [6.45, 7) is 7.62. The SMILES string of the molecule is Cc1cccc(C)c1N(CC(=O)N(Cc1ccccc1Cl)[C@H](Cc1ccccc1)C(=O)NCC(C)C)S(C)(=O)=O. The third-order valence-corrected chi connectivity index (χ3v) is 8.10. The van der Waals surface area contributed by atoms with Gasteiger partial charge in [0.1, 0.15) is 12.6 Å². The summed E-state index contributed by atoms with van der Waals surface area (Å²) in [4.78, 5) is 29.3. The number of benzene rings is 3. The van der Waals surface area contributed by atoms with Gasteiger partial charge < -0.3 is 10.2 Å². The third-order valence-electron chi connectivity index (χ3n) is 6.62. The third kappa shape index (κ3) is 8.32. The molecule has 0 heterocycles. The van der Waals surface area contributed by atoms with Crippen molar-refractivity contribution in [3.63, 3.8) is 0 Å². The minimum absolute atomic E-state index is 0.0372. The van der Waals surface area contributed by atoms with Crippen LogP contribution in [0.15, 0.2) is 72.8 Å². The van der Waals surface area contributed by atoms with Gasteiger partial charge in [0.05, 0.1) is 11.9 Å². The van der Waals surface area contributed by atoms with Crippen molar-refractivity contribution in [3.05, 3.63) is 100 Å². The molecule has 7 nitrogen and oxygen atoms in total. The summed E-state index contributed by atoms with van der Waals surface area (Å²) in [6, 6.07) is 21.1. The molecule has 0 spiro atoms. The number of hydrogen-bond donors (Lipinski definition) is 1. The Morgan fingerprint density at radius 2 is 1.50 bits per heavy atom. The fourth-order valence-corrected chi connectivity index (χ4v) is 5.72. The van der Waals surface area contributed by atoms with Gasteiger partial charge in [0.25, 0.3) is 0 Å². The number of rotatable bonds is 12. The average molecular weight is 584 g/mol. The van der Waals surface area contributed by atoms with Crippen LogP contribution >= 0.6 is 11.6 Å². The van der Waals surface area contributed by atoms with E-state index in [-0.39, 0.29) is 24.8 Å². The van der Waals surface area contributed by atoms with Gasteiger partial charge in [0.2, 0.25) is 21.8 Å². The number of amides is 2. The number of hydrogen-bond acceptors (Lipinski definition) is 4. The maximum absolute atomic E-state index is 14.2. The monoisotopic (exact) mass is 583 g/mol. The van der Waals surface area contributed by atoms with E-state index in [1.165, 1.54) is 4.90 Å². The summed E-state index contributed by atoms with van der Waals surface area (Å²) < 4.78 is 27.2. The standard InChI is InChI=1S/C31H38ClN3O4S/c1-22(2)19-33-31(37)28(18-25-14-7-6-8-15-25)34(20-26-16-9-10-17-27(26)32)29(36)21-35(40(5,38)39)30-23(3)12-11-13-24(30)4/h6-17,22,28H,18-21H2,1-5H3,(H,33,37)/t28-/m1/s1. The Bertz CT molecular complexity index is 1410. The second kappa shape index (κ2) is 13.8. The van der Waals surface area contributed by atoms with E-state index in [1.54, 1.807) is 18.2 Å². The number of para-hydroxylation sites is 1. The first-order chi connectivity index (χ1) is 18.9. The van der Waals surface area contributed by atoms with Crippen LogP contribution in [0.5, 0.6) is 0 Å². The van der Waals surface area contributed by atoms with E-state index >= 15 is 0 Å². The maximum Gasteiger partial charge on any atom is 0.244 e. The first-order valence-corrected chi connectivity index (χ1v) is 15.5. The number of carbonyl (C=O) groups is 2. The van der Waals surface area contributed by atoms with E-state index in [1.807, 2.05) is 82.3 Å². The van der Waals surface area contributed by atoms with Gasteiger partial charge in [-0.05, 0) is 48.1 Å². The average Bonchev–Trinajstić information content (AvgIpc) is 2.89. The van der Waals surface area contributed by atoms with Crippen LogP contribution in [0.2, 0.25) is 5.02 Å². The van der Waals surface area contributed by atoms with E-state index in [9.17, 15) is 18.0 Å². The molecule has 0 unspecified atom stereocenters. The number of anilines is 1. The smallest absolute Gasteiger partial charge is 0.244 e. The quantitative estimate of drug-likeness (QED) is 0.320. The van der Waals surface area contributed by atoms with E-state index in [0.29, 0.717) is 22.8 Å². The lowest BCUT2D eigenvalue weighted by Gasteiger charge is -2.34. The molecule has 0 aliphatic carbocycles. The fraction of sp³-hybridized carbons (Fsp3) is 0.355. The van der Waals surface area contributed by atoms with Gasteiger partial charge in [0.15, 0.2) is 0 Å². The van der Waals surface area contributed by atoms with Crippen LogP contribution in [0.3, 0.4) is 0 Å². The summed E-state index contributed by atoms with van der Waals surface area (Å²) in [5, 5.41) is 3.43. The summed E-state index contributed by atoms with van der Waals surface area (Å²) in [5.74, 6) is -0.608. The van der Waals surface area contributed by atoms with Crippen molar-refractivity contribution in [2.24, 2.45) is 5.92 Å². The molecule has 214 valence electrons. The van der Waals surface area contributed by atoms with Crippen molar-refractivity contribution in [3.8, 4) is 0 Å². The van der Waals surface area contributed by atoms with Gasteiger partial charge in [-0.3, -0.25) is 13.9 Å². The van der Waals surface area contributed by atoms with Crippen molar-refractivity contribution in [1.29, 1.82) is 0 Å².